The number of fused-ring (bicyclic) bond motifs is 1. The molecule has 0 aliphatic heterocycles. The van der Waals surface area contributed by atoms with Crippen LogP contribution in [-0.2, 0) is 0 Å². The van der Waals surface area contributed by atoms with Gasteiger partial charge in [0.05, 0.1) is 5.56 Å². The van der Waals surface area contributed by atoms with E-state index < -0.39 is 5.97 Å². The number of hydrogen-bond acceptors (Lipinski definition) is 1. The predicted octanol–water partition coefficient (Wildman–Crippen LogP) is 5.30. The summed E-state index contributed by atoms with van der Waals surface area (Å²) in [5.41, 5.74) is 1.18. The Labute approximate surface area is 132 Å². The van der Waals surface area contributed by atoms with Crippen molar-refractivity contribution in [2.24, 2.45) is 0 Å². The van der Waals surface area contributed by atoms with Crippen molar-refractivity contribution in [1.82, 2.24) is 0 Å². The van der Waals surface area contributed by atoms with Crippen molar-refractivity contribution in [1.29, 1.82) is 0 Å². The summed E-state index contributed by atoms with van der Waals surface area (Å²) in [4.78, 5) is 10.4. The van der Waals surface area contributed by atoms with Crippen molar-refractivity contribution < 1.29 is 9.90 Å². The smallest absolute Gasteiger partial charge is 0.335 e. The fourth-order valence-corrected chi connectivity index (χ4v) is 2.51. The van der Waals surface area contributed by atoms with Crippen LogP contribution < -0.4 is 0 Å². The van der Waals surface area contributed by atoms with Crippen LogP contribution in [0.4, 0.5) is 0 Å². The fraction of sp³-hybridized carbons (Fsp3) is 0.0556. The van der Waals surface area contributed by atoms with Gasteiger partial charge in [-0.2, -0.15) is 0 Å². The van der Waals surface area contributed by atoms with Gasteiger partial charge in [-0.15, -0.1) is 0 Å². The number of carboxylic acid groups (broad SMARTS) is 1. The summed E-state index contributed by atoms with van der Waals surface area (Å²) in [7, 11) is 0. The molecule has 0 unspecified atom stereocenters. The van der Waals surface area contributed by atoms with E-state index in [1.807, 2.05) is 18.2 Å². The Morgan fingerprint density at radius 1 is 0.905 bits per heavy atom. The van der Waals surface area contributed by atoms with Crippen molar-refractivity contribution in [3.8, 4) is 0 Å². The van der Waals surface area contributed by atoms with Crippen LogP contribution in [0.2, 0.25) is 0 Å². The molecular formula is C18H15BrO2. The minimum atomic E-state index is -0.863. The molecule has 0 aromatic heterocycles. The van der Waals surface area contributed by atoms with Gasteiger partial charge in [-0.3, -0.25) is 0 Å². The van der Waals surface area contributed by atoms with Gasteiger partial charge in [0, 0.05) is 4.47 Å². The maximum Gasteiger partial charge on any atom is 0.335 e. The monoisotopic (exact) mass is 342 g/mol. The molecule has 3 heteroatoms. The first kappa shape index (κ1) is 15.3. The van der Waals surface area contributed by atoms with Crippen molar-refractivity contribution in [2.75, 3.05) is 0 Å². The van der Waals surface area contributed by atoms with E-state index in [2.05, 4.69) is 46.3 Å². The topological polar surface area (TPSA) is 37.3 Å². The SMILES string of the molecule is Brc1cccc2ccccc12.Cc1ccccc1C(=O)O. The third-order valence-electron chi connectivity index (χ3n) is 3.11. The van der Waals surface area contributed by atoms with Gasteiger partial charge >= 0.3 is 5.97 Å². The number of rotatable bonds is 1. The first-order valence-corrected chi connectivity index (χ1v) is 7.31. The van der Waals surface area contributed by atoms with Crippen LogP contribution in [-0.4, -0.2) is 11.1 Å². The molecule has 0 spiro atoms. The minimum Gasteiger partial charge on any atom is -0.478 e. The molecule has 3 rings (SSSR count). The molecule has 1 N–H and O–H groups in total. The third-order valence-corrected chi connectivity index (χ3v) is 3.80. The van der Waals surface area contributed by atoms with Gasteiger partial charge in [0.1, 0.15) is 0 Å². The minimum absolute atomic E-state index is 0.377. The predicted molar refractivity (Wildman–Crippen MR) is 89.8 cm³/mol. The van der Waals surface area contributed by atoms with Crippen LogP contribution in [0.1, 0.15) is 15.9 Å². The van der Waals surface area contributed by atoms with E-state index in [1.54, 1.807) is 25.1 Å². The first-order valence-electron chi connectivity index (χ1n) is 6.52. The summed E-state index contributed by atoms with van der Waals surface area (Å²) < 4.78 is 1.16. The van der Waals surface area contributed by atoms with Crippen molar-refractivity contribution >= 4 is 32.7 Å². The normalized spacial score (nSPS) is 9.81. The molecule has 0 heterocycles. The quantitative estimate of drug-likeness (QED) is 0.651. The zero-order chi connectivity index (χ0) is 15.2. The molecule has 0 amide bonds. The lowest BCUT2D eigenvalue weighted by molar-refractivity contribution is 0.0696. The first-order chi connectivity index (χ1) is 10.1. The Balaban J connectivity index is 0.000000155. The van der Waals surface area contributed by atoms with E-state index in [0.717, 1.165) is 10.0 Å². The van der Waals surface area contributed by atoms with Gasteiger partial charge in [0.2, 0.25) is 0 Å². The molecule has 3 aromatic carbocycles. The molecule has 0 saturated carbocycles. The van der Waals surface area contributed by atoms with Crippen LogP contribution in [0.5, 0.6) is 0 Å². The van der Waals surface area contributed by atoms with Gasteiger partial charge in [0.25, 0.3) is 0 Å². The molecule has 0 saturated heterocycles. The van der Waals surface area contributed by atoms with Crippen molar-refractivity contribution in [2.45, 2.75) is 6.92 Å². The number of aryl methyl sites for hydroxylation is 1. The summed E-state index contributed by atoms with van der Waals surface area (Å²) in [5.74, 6) is -0.863. The molecule has 3 aromatic rings. The highest BCUT2D eigenvalue weighted by atomic mass is 79.9. The highest BCUT2D eigenvalue weighted by molar-refractivity contribution is 9.10. The summed E-state index contributed by atoms with van der Waals surface area (Å²) in [6.45, 7) is 1.78. The Bertz CT molecular complexity index is 761. The fourth-order valence-electron chi connectivity index (χ4n) is 2.00. The molecular weight excluding hydrogens is 328 g/mol. The average molecular weight is 343 g/mol. The van der Waals surface area contributed by atoms with Crippen LogP contribution in [0.3, 0.4) is 0 Å². The van der Waals surface area contributed by atoms with E-state index in [9.17, 15) is 4.79 Å². The second-order valence-corrected chi connectivity index (χ2v) is 5.44. The molecule has 106 valence electrons. The molecule has 0 aliphatic rings. The number of halogens is 1. The highest BCUT2D eigenvalue weighted by Crippen LogP contribution is 2.22. The Kier molecular flexibility index (Phi) is 5.12. The van der Waals surface area contributed by atoms with Crippen LogP contribution >= 0.6 is 15.9 Å². The zero-order valence-corrected chi connectivity index (χ0v) is 13.2. The largest absolute Gasteiger partial charge is 0.478 e. The average Bonchev–Trinajstić information content (AvgIpc) is 2.49. The lowest BCUT2D eigenvalue weighted by Gasteiger charge is -1.97. The molecule has 0 bridgehead atoms. The van der Waals surface area contributed by atoms with Crippen LogP contribution in [0.15, 0.2) is 71.2 Å². The molecule has 2 nitrogen and oxygen atoms in total. The number of carboxylic acids is 1. The Morgan fingerprint density at radius 3 is 2.14 bits per heavy atom. The van der Waals surface area contributed by atoms with Crippen LogP contribution in [0, 0.1) is 6.92 Å². The summed E-state index contributed by atoms with van der Waals surface area (Å²) in [6, 6.07) is 21.5. The van der Waals surface area contributed by atoms with E-state index in [1.165, 1.54) is 10.8 Å². The second kappa shape index (κ2) is 7.04. The standard InChI is InChI=1S/C10H7Br.C8H8O2/c11-10-7-3-5-8-4-1-2-6-9(8)10;1-6-4-2-3-5-7(6)8(9)10/h1-7H;2-5H,1H3,(H,9,10). The van der Waals surface area contributed by atoms with Gasteiger partial charge in [-0.05, 0) is 35.4 Å². The van der Waals surface area contributed by atoms with Gasteiger partial charge in [-0.1, -0.05) is 70.5 Å². The number of hydrogen-bond donors (Lipinski definition) is 1. The van der Waals surface area contributed by atoms with E-state index in [-0.39, 0.29) is 0 Å². The highest BCUT2D eigenvalue weighted by Gasteiger charge is 2.02. The maximum atomic E-state index is 10.4. The lowest BCUT2D eigenvalue weighted by Crippen LogP contribution is -1.97. The van der Waals surface area contributed by atoms with Gasteiger partial charge in [0.15, 0.2) is 0 Å². The Morgan fingerprint density at radius 2 is 1.52 bits per heavy atom. The van der Waals surface area contributed by atoms with E-state index >= 15 is 0 Å². The zero-order valence-electron chi connectivity index (χ0n) is 11.6. The lowest BCUT2D eigenvalue weighted by atomic mass is 10.1. The summed E-state index contributed by atoms with van der Waals surface area (Å²) >= 11 is 3.50. The van der Waals surface area contributed by atoms with Crippen LogP contribution in [0.25, 0.3) is 10.8 Å². The van der Waals surface area contributed by atoms with E-state index in [0.29, 0.717) is 5.56 Å². The number of benzene rings is 3. The Hall–Kier alpha value is -2.13. The van der Waals surface area contributed by atoms with Gasteiger partial charge in [-0.25, -0.2) is 4.79 Å². The summed E-state index contributed by atoms with van der Waals surface area (Å²) in [5, 5.41) is 11.1. The second-order valence-electron chi connectivity index (χ2n) is 4.58. The molecule has 0 radical (unpaired) electrons. The molecule has 21 heavy (non-hydrogen) atoms. The third kappa shape index (κ3) is 3.92. The van der Waals surface area contributed by atoms with Crippen molar-refractivity contribution in [3.05, 3.63) is 82.3 Å². The maximum absolute atomic E-state index is 10.4. The van der Waals surface area contributed by atoms with E-state index in [4.69, 9.17) is 5.11 Å². The number of carbonyl (C=O) groups is 1. The van der Waals surface area contributed by atoms with Gasteiger partial charge < -0.3 is 5.11 Å². The number of aromatic carboxylic acids is 1. The molecule has 0 atom stereocenters. The molecule has 0 fully saturated rings. The molecule has 0 aliphatic carbocycles. The summed E-state index contributed by atoms with van der Waals surface area (Å²) in [6.07, 6.45) is 0. The van der Waals surface area contributed by atoms with Crippen molar-refractivity contribution in [3.63, 3.8) is 0 Å².